The number of pyridine rings is 1. The van der Waals surface area contributed by atoms with Crippen LogP contribution in [0.15, 0.2) is 34.9 Å². The van der Waals surface area contributed by atoms with E-state index in [0.717, 1.165) is 45.0 Å². The maximum Gasteiger partial charge on any atom is 0.212 e. The number of para-hydroxylation sites is 1. The number of nitrogens with one attached hydrogen (secondary N) is 2. The number of halogens is 1. The summed E-state index contributed by atoms with van der Waals surface area (Å²) in [7, 11) is 0. The number of aromatic amines is 1. The van der Waals surface area contributed by atoms with Gasteiger partial charge in [0, 0.05) is 27.7 Å². The predicted molar refractivity (Wildman–Crippen MR) is 103 cm³/mol. The Balaban J connectivity index is 0.000000399. The monoisotopic (exact) mass is 404 g/mol. The standard InChI is InChI=1S/C14H11BrN4O.C4H10O/c1-8-11(6-17-19-8)10-5-13(16-7-20)18-14-9(10)3-2-4-12(14)15;1-2-3-4-5/h2-7H,1H3,(H,17,19)(H,16,18,20);5H,2-4H2,1H3. The van der Waals surface area contributed by atoms with Gasteiger partial charge in [-0.05, 0) is 47.0 Å². The van der Waals surface area contributed by atoms with Crippen LogP contribution in [0.4, 0.5) is 5.82 Å². The summed E-state index contributed by atoms with van der Waals surface area (Å²) in [6.45, 7) is 4.35. The zero-order valence-electron chi connectivity index (χ0n) is 14.2. The molecule has 1 aromatic carbocycles. The van der Waals surface area contributed by atoms with Crippen LogP contribution in [-0.2, 0) is 4.79 Å². The van der Waals surface area contributed by atoms with Gasteiger partial charge in [-0.25, -0.2) is 4.98 Å². The van der Waals surface area contributed by atoms with Crippen LogP contribution in [0.5, 0.6) is 0 Å². The third-order valence-electron chi connectivity index (χ3n) is 3.63. The maximum absolute atomic E-state index is 10.7. The van der Waals surface area contributed by atoms with E-state index in [0.29, 0.717) is 18.8 Å². The van der Waals surface area contributed by atoms with Gasteiger partial charge in [0.1, 0.15) is 5.82 Å². The van der Waals surface area contributed by atoms with Gasteiger partial charge in [0.15, 0.2) is 0 Å². The molecule has 0 saturated heterocycles. The average molecular weight is 405 g/mol. The summed E-state index contributed by atoms with van der Waals surface area (Å²) in [4.78, 5) is 15.1. The number of rotatable bonds is 5. The minimum Gasteiger partial charge on any atom is -0.396 e. The molecule has 1 amide bonds. The summed E-state index contributed by atoms with van der Waals surface area (Å²) in [6, 6.07) is 7.73. The van der Waals surface area contributed by atoms with Crippen molar-refractivity contribution in [3.63, 3.8) is 0 Å². The van der Waals surface area contributed by atoms with Crippen molar-refractivity contribution in [1.82, 2.24) is 15.2 Å². The molecule has 3 rings (SSSR count). The molecular formula is C18H21BrN4O2. The number of unbranched alkanes of at least 4 members (excludes halogenated alkanes) is 1. The number of carbonyl (C=O) groups excluding carboxylic acids is 1. The Labute approximate surface area is 154 Å². The number of aromatic nitrogens is 3. The Bertz CT molecular complexity index is 846. The molecule has 0 spiro atoms. The number of hydrogen-bond donors (Lipinski definition) is 3. The summed E-state index contributed by atoms with van der Waals surface area (Å²) in [5, 5.41) is 18.7. The lowest BCUT2D eigenvalue weighted by molar-refractivity contribution is -0.105. The zero-order chi connectivity index (χ0) is 18.2. The fourth-order valence-electron chi connectivity index (χ4n) is 2.35. The van der Waals surface area contributed by atoms with Gasteiger partial charge in [0.05, 0.1) is 11.7 Å². The summed E-state index contributed by atoms with van der Waals surface area (Å²) < 4.78 is 0.881. The van der Waals surface area contributed by atoms with E-state index in [1.807, 2.05) is 31.2 Å². The first-order valence-electron chi connectivity index (χ1n) is 8.03. The first-order valence-corrected chi connectivity index (χ1v) is 8.82. The Hall–Kier alpha value is -2.25. The Morgan fingerprint density at radius 2 is 2.16 bits per heavy atom. The van der Waals surface area contributed by atoms with E-state index < -0.39 is 0 Å². The highest BCUT2D eigenvalue weighted by atomic mass is 79.9. The zero-order valence-corrected chi connectivity index (χ0v) is 15.8. The molecule has 0 atom stereocenters. The van der Waals surface area contributed by atoms with E-state index in [4.69, 9.17) is 5.11 Å². The Kier molecular flexibility index (Phi) is 7.09. The molecule has 0 radical (unpaired) electrons. The average Bonchev–Trinajstić information content (AvgIpc) is 3.02. The van der Waals surface area contributed by atoms with Crippen molar-refractivity contribution < 1.29 is 9.90 Å². The lowest BCUT2D eigenvalue weighted by atomic mass is 10.0. The second-order valence-electron chi connectivity index (χ2n) is 5.44. The van der Waals surface area contributed by atoms with Gasteiger partial charge in [-0.1, -0.05) is 25.5 Å². The van der Waals surface area contributed by atoms with E-state index in [9.17, 15) is 4.79 Å². The normalized spacial score (nSPS) is 10.2. The molecule has 3 N–H and O–H groups in total. The first kappa shape index (κ1) is 19.1. The van der Waals surface area contributed by atoms with Crippen LogP contribution in [0.25, 0.3) is 22.0 Å². The molecule has 2 heterocycles. The van der Waals surface area contributed by atoms with Crippen LogP contribution in [0.1, 0.15) is 25.5 Å². The third-order valence-corrected chi connectivity index (χ3v) is 4.27. The van der Waals surface area contributed by atoms with Gasteiger partial charge in [0.2, 0.25) is 6.41 Å². The van der Waals surface area contributed by atoms with Crippen LogP contribution >= 0.6 is 15.9 Å². The lowest BCUT2D eigenvalue weighted by Gasteiger charge is -2.09. The van der Waals surface area contributed by atoms with Crippen LogP contribution in [-0.4, -0.2) is 33.3 Å². The van der Waals surface area contributed by atoms with E-state index in [-0.39, 0.29) is 0 Å². The Morgan fingerprint density at radius 1 is 1.36 bits per heavy atom. The smallest absolute Gasteiger partial charge is 0.212 e. The number of H-pyrrole nitrogens is 1. The number of benzene rings is 1. The molecule has 0 bridgehead atoms. The number of amides is 1. The highest BCUT2D eigenvalue weighted by molar-refractivity contribution is 9.10. The first-order chi connectivity index (χ1) is 12.1. The molecule has 0 fully saturated rings. The third kappa shape index (κ3) is 4.64. The van der Waals surface area contributed by atoms with Gasteiger partial charge in [-0.15, -0.1) is 0 Å². The number of aliphatic hydroxyl groups is 1. The molecule has 132 valence electrons. The van der Waals surface area contributed by atoms with Crippen LogP contribution in [0, 0.1) is 6.92 Å². The van der Waals surface area contributed by atoms with Crippen LogP contribution in [0.3, 0.4) is 0 Å². The topological polar surface area (TPSA) is 90.9 Å². The van der Waals surface area contributed by atoms with Gasteiger partial charge in [0.25, 0.3) is 0 Å². The van der Waals surface area contributed by atoms with Crippen molar-refractivity contribution in [2.45, 2.75) is 26.7 Å². The molecule has 6 nitrogen and oxygen atoms in total. The largest absolute Gasteiger partial charge is 0.396 e. The minimum absolute atomic E-state index is 0.344. The number of anilines is 1. The van der Waals surface area contributed by atoms with Crippen molar-refractivity contribution >= 4 is 39.1 Å². The van der Waals surface area contributed by atoms with E-state index in [1.165, 1.54) is 0 Å². The minimum atomic E-state index is 0.344. The van der Waals surface area contributed by atoms with Crippen molar-refractivity contribution in [2.75, 3.05) is 11.9 Å². The number of hydrogen-bond acceptors (Lipinski definition) is 4. The van der Waals surface area contributed by atoms with Gasteiger partial charge < -0.3 is 10.4 Å². The summed E-state index contributed by atoms with van der Waals surface area (Å²) >= 11 is 3.50. The van der Waals surface area contributed by atoms with Crippen molar-refractivity contribution in [3.05, 3.63) is 40.6 Å². The number of fused-ring (bicyclic) bond motifs is 1. The molecule has 0 aliphatic rings. The van der Waals surface area contributed by atoms with Crippen LogP contribution < -0.4 is 5.32 Å². The number of aryl methyl sites for hydroxylation is 1. The lowest BCUT2D eigenvalue weighted by Crippen LogP contribution is -1.98. The second kappa shape index (κ2) is 9.29. The maximum atomic E-state index is 10.7. The van der Waals surface area contributed by atoms with Crippen LogP contribution in [0.2, 0.25) is 0 Å². The summed E-state index contributed by atoms with van der Waals surface area (Å²) in [6.07, 6.45) is 4.43. The van der Waals surface area contributed by atoms with Crippen molar-refractivity contribution in [1.29, 1.82) is 0 Å². The number of carbonyl (C=O) groups is 1. The SMILES string of the molecule is CCCCO.Cc1[nH]ncc1-c1cc(NC=O)nc2c(Br)cccc12. The quantitative estimate of drug-likeness (QED) is 0.559. The number of aliphatic hydroxyl groups excluding tert-OH is 1. The van der Waals surface area contributed by atoms with Gasteiger partial charge in [-0.2, -0.15) is 5.10 Å². The molecule has 0 aliphatic heterocycles. The van der Waals surface area contributed by atoms with E-state index in [2.05, 4.69) is 43.4 Å². The molecule has 25 heavy (non-hydrogen) atoms. The van der Waals surface area contributed by atoms with Crippen molar-refractivity contribution in [3.8, 4) is 11.1 Å². The van der Waals surface area contributed by atoms with Gasteiger partial charge in [-0.3, -0.25) is 9.89 Å². The molecule has 0 unspecified atom stereocenters. The Morgan fingerprint density at radius 3 is 2.72 bits per heavy atom. The summed E-state index contributed by atoms with van der Waals surface area (Å²) in [5.41, 5.74) is 3.74. The molecule has 3 aromatic rings. The number of nitrogens with zero attached hydrogens (tertiary/aromatic N) is 2. The fraction of sp³-hybridized carbons (Fsp3) is 0.278. The summed E-state index contributed by atoms with van der Waals surface area (Å²) in [5.74, 6) is 0.509. The molecule has 0 aliphatic carbocycles. The molecular weight excluding hydrogens is 384 g/mol. The van der Waals surface area contributed by atoms with E-state index in [1.54, 1.807) is 6.20 Å². The van der Waals surface area contributed by atoms with Gasteiger partial charge >= 0.3 is 0 Å². The molecule has 7 heteroatoms. The molecule has 2 aromatic heterocycles. The fourth-order valence-corrected chi connectivity index (χ4v) is 2.81. The predicted octanol–water partition coefficient (Wildman–Crippen LogP) is 4.04. The van der Waals surface area contributed by atoms with E-state index >= 15 is 0 Å². The highest BCUT2D eigenvalue weighted by Crippen LogP contribution is 2.34. The van der Waals surface area contributed by atoms with Crippen molar-refractivity contribution in [2.24, 2.45) is 0 Å². The molecule has 0 saturated carbocycles. The highest BCUT2D eigenvalue weighted by Gasteiger charge is 2.12. The second-order valence-corrected chi connectivity index (χ2v) is 6.29.